The van der Waals surface area contributed by atoms with Crippen LogP contribution in [-0.2, 0) is 0 Å². The molecular formula is C6H10P. The minimum Gasteiger partial charge on any atom is -0.0741 e. The minimum atomic E-state index is 1.16. The maximum Gasteiger partial charge on any atom is -0.0167 e. The van der Waals surface area contributed by atoms with E-state index in [1.54, 1.807) is 8.58 Å². The van der Waals surface area contributed by atoms with Crippen LogP contribution in [0.5, 0.6) is 0 Å². The first-order valence-corrected chi connectivity index (χ1v) is 4.18. The Bertz CT molecular complexity index is 62.2. The highest BCUT2D eigenvalue weighted by molar-refractivity contribution is 7.40. The van der Waals surface area contributed by atoms with Gasteiger partial charge in [0.25, 0.3) is 0 Å². The van der Waals surface area contributed by atoms with Gasteiger partial charge in [0.1, 0.15) is 0 Å². The highest BCUT2D eigenvalue weighted by atomic mass is 31.1. The first-order chi connectivity index (χ1) is 3.45. The second kappa shape index (κ2) is 1.45. The third kappa shape index (κ3) is 1.16. The molecule has 0 aromatic rings. The third-order valence-corrected chi connectivity index (χ3v) is 3.39. The van der Waals surface area contributed by atoms with Crippen molar-refractivity contribution in [2.24, 2.45) is 0 Å². The Balaban J connectivity index is 1.69. The van der Waals surface area contributed by atoms with Gasteiger partial charge in [0.2, 0.25) is 0 Å². The Morgan fingerprint density at radius 1 is 0.857 bits per heavy atom. The van der Waals surface area contributed by atoms with Crippen molar-refractivity contribution in [2.45, 2.75) is 37.0 Å². The van der Waals surface area contributed by atoms with Crippen molar-refractivity contribution in [1.82, 2.24) is 0 Å². The normalized spacial score (nSPS) is 30.9. The van der Waals surface area contributed by atoms with Gasteiger partial charge in [-0.3, -0.25) is 0 Å². The molecular weight excluding hydrogens is 103 g/mol. The molecule has 0 N–H and O–H groups in total. The van der Waals surface area contributed by atoms with E-state index in [0.29, 0.717) is 0 Å². The molecule has 0 saturated heterocycles. The SMILES string of the molecule is C1CC1[P]C1CC1. The predicted molar refractivity (Wildman–Crippen MR) is 33.0 cm³/mol. The van der Waals surface area contributed by atoms with Gasteiger partial charge in [0.05, 0.1) is 0 Å². The van der Waals surface area contributed by atoms with Gasteiger partial charge in [-0.2, -0.15) is 0 Å². The standard InChI is InChI=1S/C6H10P/c1-2-5(1)7-6-3-4-6/h5-6H,1-4H2. The van der Waals surface area contributed by atoms with Gasteiger partial charge in [-0.25, -0.2) is 0 Å². The first-order valence-electron chi connectivity index (χ1n) is 3.15. The largest absolute Gasteiger partial charge is 0.0741 e. The highest BCUT2D eigenvalue weighted by Gasteiger charge is 2.31. The molecule has 0 nitrogen and oxygen atoms in total. The van der Waals surface area contributed by atoms with E-state index in [-0.39, 0.29) is 0 Å². The molecule has 0 bridgehead atoms. The Labute approximate surface area is 46.5 Å². The molecule has 7 heavy (non-hydrogen) atoms. The monoisotopic (exact) mass is 113 g/mol. The summed E-state index contributed by atoms with van der Waals surface area (Å²) in [6.45, 7) is 0. The van der Waals surface area contributed by atoms with Crippen molar-refractivity contribution in [3.05, 3.63) is 0 Å². The average molecular weight is 113 g/mol. The second-order valence-corrected chi connectivity index (χ2v) is 4.37. The molecule has 0 heterocycles. The number of hydrogen-bond donors (Lipinski definition) is 0. The van der Waals surface area contributed by atoms with Gasteiger partial charge in [-0.15, -0.1) is 0 Å². The van der Waals surface area contributed by atoms with Crippen molar-refractivity contribution in [2.75, 3.05) is 0 Å². The van der Waals surface area contributed by atoms with Gasteiger partial charge < -0.3 is 0 Å². The van der Waals surface area contributed by atoms with Crippen LogP contribution in [0.15, 0.2) is 0 Å². The molecule has 0 aromatic carbocycles. The van der Waals surface area contributed by atoms with E-state index >= 15 is 0 Å². The summed E-state index contributed by atoms with van der Waals surface area (Å²) >= 11 is 0. The van der Waals surface area contributed by atoms with E-state index in [4.69, 9.17) is 0 Å². The molecule has 2 saturated carbocycles. The molecule has 0 spiro atoms. The lowest BCUT2D eigenvalue weighted by atomic mass is 10.9. The van der Waals surface area contributed by atoms with Crippen molar-refractivity contribution in [1.29, 1.82) is 0 Å². The van der Waals surface area contributed by atoms with Crippen LogP contribution in [0, 0.1) is 0 Å². The second-order valence-electron chi connectivity index (χ2n) is 2.61. The summed E-state index contributed by atoms with van der Waals surface area (Å²) < 4.78 is 0. The van der Waals surface area contributed by atoms with Crippen molar-refractivity contribution in [3.8, 4) is 0 Å². The molecule has 2 fully saturated rings. The van der Waals surface area contributed by atoms with E-state index in [0.717, 1.165) is 11.3 Å². The third-order valence-electron chi connectivity index (χ3n) is 1.52. The molecule has 2 rings (SSSR count). The predicted octanol–water partition coefficient (Wildman–Crippen LogP) is 2.26. The lowest BCUT2D eigenvalue weighted by Gasteiger charge is -1.85. The van der Waals surface area contributed by atoms with Crippen LogP contribution in [0.2, 0.25) is 0 Å². The molecule has 0 amide bonds. The van der Waals surface area contributed by atoms with E-state index in [1.807, 2.05) is 0 Å². The van der Waals surface area contributed by atoms with Gasteiger partial charge >= 0.3 is 0 Å². The molecule has 0 unspecified atom stereocenters. The summed E-state index contributed by atoms with van der Waals surface area (Å²) in [5, 5.41) is 0. The van der Waals surface area contributed by atoms with Gasteiger partial charge in [-0.05, 0) is 37.0 Å². The average Bonchev–Trinajstić information content (AvgIpc) is 2.33. The maximum atomic E-state index is 1.80. The van der Waals surface area contributed by atoms with E-state index < -0.39 is 0 Å². The summed E-state index contributed by atoms with van der Waals surface area (Å²) in [6, 6.07) is 0. The Hall–Kier alpha value is 0.430. The van der Waals surface area contributed by atoms with Crippen molar-refractivity contribution >= 4 is 8.58 Å². The summed E-state index contributed by atoms with van der Waals surface area (Å²) in [5.74, 6) is 0. The molecule has 2 aliphatic rings. The maximum absolute atomic E-state index is 1.80. The van der Waals surface area contributed by atoms with Crippen LogP contribution < -0.4 is 0 Å². The topological polar surface area (TPSA) is 0 Å². The zero-order chi connectivity index (χ0) is 4.69. The van der Waals surface area contributed by atoms with Gasteiger partial charge in [0.15, 0.2) is 0 Å². The molecule has 2 aliphatic carbocycles. The Kier molecular flexibility index (Phi) is 0.896. The number of rotatable bonds is 2. The zero-order valence-electron chi connectivity index (χ0n) is 4.43. The minimum absolute atomic E-state index is 1.16. The smallest absolute Gasteiger partial charge is 0.0167 e. The quantitative estimate of drug-likeness (QED) is 0.482. The van der Waals surface area contributed by atoms with Gasteiger partial charge in [-0.1, -0.05) is 8.58 Å². The molecule has 1 radical (unpaired) electrons. The first kappa shape index (κ1) is 4.32. The highest BCUT2D eigenvalue weighted by Crippen LogP contribution is 2.50. The molecule has 0 atom stereocenters. The summed E-state index contributed by atoms with van der Waals surface area (Å²) in [4.78, 5) is 0. The zero-order valence-corrected chi connectivity index (χ0v) is 5.32. The summed E-state index contributed by atoms with van der Waals surface area (Å²) in [6.07, 6.45) is 6.16. The molecule has 0 aromatic heterocycles. The van der Waals surface area contributed by atoms with Crippen LogP contribution in [0.25, 0.3) is 0 Å². The van der Waals surface area contributed by atoms with Crippen molar-refractivity contribution < 1.29 is 0 Å². The summed E-state index contributed by atoms with van der Waals surface area (Å²) in [5.41, 5.74) is 2.32. The van der Waals surface area contributed by atoms with Crippen LogP contribution in [0.1, 0.15) is 25.7 Å². The van der Waals surface area contributed by atoms with E-state index in [1.165, 1.54) is 25.7 Å². The van der Waals surface area contributed by atoms with Crippen LogP contribution in [0.3, 0.4) is 0 Å². The lowest BCUT2D eigenvalue weighted by molar-refractivity contribution is 1.41. The molecule has 39 valence electrons. The fourth-order valence-corrected chi connectivity index (χ4v) is 2.24. The van der Waals surface area contributed by atoms with Gasteiger partial charge in [0, 0.05) is 0 Å². The number of hydrogen-bond acceptors (Lipinski definition) is 0. The molecule has 0 aliphatic heterocycles. The van der Waals surface area contributed by atoms with E-state index in [9.17, 15) is 0 Å². The van der Waals surface area contributed by atoms with E-state index in [2.05, 4.69) is 0 Å². The summed E-state index contributed by atoms with van der Waals surface area (Å²) in [7, 11) is 1.80. The molecule has 1 heteroatoms. The van der Waals surface area contributed by atoms with Crippen LogP contribution in [0.4, 0.5) is 0 Å². The van der Waals surface area contributed by atoms with Crippen LogP contribution in [-0.4, -0.2) is 11.3 Å². The fourth-order valence-electron chi connectivity index (χ4n) is 0.745. The van der Waals surface area contributed by atoms with Crippen LogP contribution >= 0.6 is 8.58 Å². The van der Waals surface area contributed by atoms with Crippen molar-refractivity contribution in [3.63, 3.8) is 0 Å². The fraction of sp³-hybridized carbons (Fsp3) is 1.00. The lowest BCUT2D eigenvalue weighted by Crippen LogP contribution is -1.69. The Morgan fingerprint density at radius 3 is 1.57 bits per heavy atom. The Morgan fingerprint density at radius 2 is 1.29 bits per heavy atom.